The predicted octanol–water partition coefficient (Wildman–Crippen LogP) is 0.811. The second-order valence-corrected chi connectivity index (χ2v) is 4.50. The molecule has 96 valence electrons. The van der Waals surface area contributed by atoms with E-state index in [9.17, 15) is 0 Å². The van der Waals surface area contributed by atoms with Gasteiger partial charge in [0.2, 0.25) is 0 Å². The third-order valence-electron chi connectivity index (χ3n) is 3.07. The maximum absolute atomic E-state index is 8.62. The van der Waals surface area contributed by atoms with E-state index >= 15 is 0 Å². The maximum atomic E-state index is 8.62. The first-order valence-electron chi connectivity index (χ1n) is 6.24. The van der Waals surface area contributed by atoms with Gasteiger partial charge in [0, 0.05) is 13.2 Å². The van der Waals surface area contributed by atoms with E-state index in [-0.39, 0.29) is 13.2 Å². The van der Waals surface area contributed by atoms with Crippen molar-refractivity contribution in [2.45, 2.75) is 25.7 Å². The van der Waals surface area contributed by atoms with Crippen LogP contribution in [0, 0.1) is 11.8 Å². The largest absolute Gasteiger partial charge is 0.394 e. The zero-order valence-electron chi connectivity index (χ0n) is 9.94. The summed E-state index contributed by atoms with van der Waals surface area (Å²) in [5.74, 6) is 1.23. The molecule has 1 rings (SSSR count). The SMILES string of the molecule is OCCOCC1CCCC(COCCO)C1. The van der Waals surface area contributed by atoms with Gasteiger partial charge in [-0.25, -0.2) is 0 Å². The van der Waals surface area contributed by atoms with Gasteiger partial charge in [-0.15, -0.1) is 0 Å². The fourth-order valence-corrected chi connectivity index (χ4v) is 2.33. The van der Waals surface area contributed by atoms with Gasteiger partial charge in [-0.3, -0.25) is 0 Å². The molecule has 0 bridgehead atoms. The Morgan fingerprint density at radius 1 is 0.875 bits per heavy atom. The van der Waals surface area contributed by atoms with Crippen molar-refractivity contribution in [1.29, 1.82) is 0 Å². The third-order valence-corrected chi connectivity index (χ3v) is 3.07. The average Bonchev–Trinajstić information content (AvgIpc) is 2.30. The van der Waals surface area contributed by atoms with Gasteiger partial charge in [0.1, 0.15) is 0 Å². The molecular formula is C12H24O4. The maximum Gasteiger partial charge on any atom is 0.0697 e. The number of aliphatic hydroxyl groups excluding tert-OH is 2. The highest BCUT2D eigenvalue weighted by atomic mass is 16.5. The zero-order valence-corrected chi connectivity index (χ0v) is 9.94. The first-order valence-corrected chi connectivity index (χ1v) is 6.24. The molecule has 0 aromatic heterocycles. The molecule has 16 heavy (non-hydrogen) atoms. The summed E-state index contributed by atoms with van der Waals surface area (Å²) in [6.07, 6.45) is 4.83. The molecule has 4 nitrogen and oxygen atoms in total. The quantitative estimate of drug-likeness (QED) is 0.608. The summed E-state index contributed by atoms with van der Waals surface area (Å²) in [6, 6.07) is 0. The summed E-state index contributed by atoms with van der Waals surface area (Å²) in [4.78, 5) is 0. The minimum atomic E-state index is 0.107. The van der Waals surface area contributed by atoms with E-state index in [1.54, 1.807) is 0 Å². The van der Waals surface area contributed by atoms with E-state index in [0.717, 1.165) is 19.6 Å². The summed E-state index contributed by atoms with van der Waals surface area (Å²) in [5, 5.41) is 17.2. The Bertz CT molecular complexity index is 147. The minimum absolute atomic E-state index is 0.107. The molecule has 2 N–H and O–H groups in total. The van der Waals surface area contributed by atoms with Crippen LogP contribution in [-0.2, 0) is 9.47 Å². The summed E-state index contributed by atoms with van der Waals surface area (Å²) in [5.41, 5.74) is 0. The molecule has 4 heteroatoms. The molecule has 0 aliphatic heterocycles. The van der Waals surface area contributed by atoms with Crippen LogP contribution >= 0.6 is 0 Å². The standard InChI is InChI=1S/C12H24O4/c13-4-6-15-9-11-2-1-3-12(8-11)10-16-7-5-14/h11-14H,1-10H2. The lowest BCUT2D eigenvalue weighted by Crippen LogP contribution is -2.24. The molecule has 0 amide bonds. The van der Waals surface area contributed by atoms with Crippen LogP contribution in [0.3, 0.4) is 0 Å². The van der Waals surface area contributed by atoms with E-state index in [1.807, 2.05) is 0 Å². The van der Waals surface area contributed by atoms with E-state index in [1.165, 1.54) is 19.3 Å². The minimum Gasteiger partial charge on any atom is -0.394 e. The highest BCUT2D eigenvalue weighted by Gasteiger charge is 2.22. The van der Waals surface area contributed by atoms with Crippen molar-refractivity contribution in [3.05, 3.63) is 0 Å². The fraction of sp³-hybridized carbons (Fsp3) is 1.00. The lowest BCUT2D eigenvalue weighted by molar-refractivity contribution is 0.0236. The van der Waals surface area contributed by atoms with E-state index in [2.05, 4.69) is 0 Å². The molecule has 2 unspecified atom stereocenters. The number of rotatable bonds is 8. The van der Waals surface area contributed by atoms with Gasteiger partial charge >= 0.3 is 0 Å². The molecular weight excluding hydrogens is 208 g/mol. The van der Waals surface area contributed by atoms with Crippen molar-refractivity contribution < 1.29 is 19.7 Å². The van der Waals surface area contributed by atoms with Crippen LogP contribution < -0.4 is 0 Å². The topological polar surface area (TPSA) is 58.9 Å². The Morgan fingerprint density at radius 2 is 1.38 bits per heavy atom. The smallest absolute Gasteiger partial charge is 0.0697 e. The van der Waals surface area contributed by atoms with Crippen LogP contribution in [0.25, 0.3) is 0 Å². The van der Waals surface area contributed by atoms with Gasteiger partial charge in [-0.1, -0.05) is 6.42 Å². The van der Waals surface area contributed by atoms with E-state index in [4.69, 9.17) is 19.7 Å². The van der Waals surface area contributed by atoms with Crippen LogP contribution in [0.1, 0.15) is 25.7 Å². The molecule has 1 fully saturated rings. The fourth-order valence-electron chi connectivity index (χ4n) is 2.33. The van der Waals surface area contributed by atoms with Crippen molar-refractivity contribution in [3.8, 4) is 0 Å². The van der Waals surface area contributed by atoms with Crippen LogP contribution in [-0.4, -0.2) is 49.9 Å². The van der Waals surface area contributed by atoms with Crippen molar-refractivity contribution in [2.24, 2.45) is 11.8 Å². The summed E-state index contributed by atoms with van der Waals surface area (Å²) >= 11 is 0. The molecule has 0 aromatic rings. The molecule has 2 atom stereocenters. The normalized spacial score (nSPS) is 25.9. The highest BCUT2D eigenvalue weighted by molar-refractivity contribution is 4.72. The van der Waals surface area contributed by atoms with Gasteiger partial charge in [-0.05, 0) is 31.1 Å². The molecule has 1 aliphatic carbocycles. The number of hydrogen-bond donors (Lipinski definition) is 2. The van der Waals surface area contributed by atoms with Crippen molar-refractivity contribution in [3.63, 3.8) is 0 Å². The Labute approximate surface area is 97.6 Å². The first kappa shape index (κ1) is 13.9. The highest BCUT2D eigenvalue weighted by Crippen LogP contribution is 2.29. The van der Waals surface area contributed by atoms with Gasteiger partial charge in [0.15, 0.2) is 0 Å². The van der Waals surface area contributed by atoms with Crippen LogP contribution in [0.5, 0.6) is 0 Å². The van der Waals surface area contributed by atoms with Gasteiger partial charge < -0.3 is 19.7 Å². The van der Waals surface area contributed by atoms with E-state index < -0.39 is 0 Å². The summed E-state index contributed by atoms with van der Waals surface area (Å²) in [7, 11) is 0. The van der Waals surface area contributed by atoms with Crippen molar-refractivity contribution >= 4 is 0 Å². The number of hydrogen-bond acceptors (Lipinski definition) is 4. The average molecular weight is 232 g/mol. The van der Waals surface area contributed by atoms with E-state index in [0.29, 0.717) is 25.0 Å². The Kier molecular flexibility index (Phi) is 7.76. The Balaban J connectivity index is 2.09. The van der Waals surface area contributed by atoms with Gasteiger partial charge in [0.25, 0.3) is 0 Å². The monoisotopic (exact) mass is 232 g/mol. The molecule has 0 radical (unpaired) electrons. The van der Waals surface area contributed by atoms with Crippen molar-refractivity contribution in [2.75, 3.05) is 39.6 Å². The molecule has 0 saturated heterocycles. The van der Waals surface area contributed by atoms with Crippen LogP contribution in [0.2, 0.25) is 0 Å². The second kappa shape index (κ2) is 8.93. The Morgan fingerprint density at radius 3 is 1.81 bits per heavy atom. The van der Waals surface area contributed by atoms with Gasteiger partial charge in [-0.2, -0.15) is 0 Å². The first-order chi connectivity index (χ1) is 7.86. The van der Waals surface area contributed by atoms with Crippen LogP contribution in [0.4, 0.5) is 0 Å². The van der Waals surface area contributed by atoms with Crippen molar-refractivity contribution in [1.82, 2.24) is 0 Å². The molecule has 1 aliphatic rings. The summed E-state index contributed by atoms with van der Waals surface area (Å²) < 4.78 is 10.7. The number of aliphatic hydroxyl groups is 2. The predicted molar refractivity (Wildman–Crippen MR) is 61.3 cm³/mol. The third kappa shape index (κ3) is 5.80. The second-order valence-electron chi connectivity index (χ2n) is 4.50. The zero-order chi connectivity index (χ0) is 11.6. The molecule has 0 aromatic carbocycles. The summed E-state index contributed by atoms with van der Waals surface area (Å²) in [6.45, 7) is 2.63. The Hall–Kier alpha value is -0.160. The number of ether oxygens (including phenoxy) is 2. The molecule has 0 spiro atoms. The van der Waals surface area contributed by atoms with Gasteiger partial charge in [0.05, 0.1) is 26.4 Å². The lowest BCUT2D eigenvalue weighted by Gasteiger charge is -2.28. The molecule has 0 heterocycles. The lowest BCUT2D eigenvalue weighted by atomic mass is 9.82. The molecule has 1 saturated carbocycles. The van der Waals surface area contributed by atoms with Crippen LogP contribution in [0.15, 0.2) is 0 Å².